The maximum Gasteiger partial charge on any atom is 0.416 e. The SMILES string of the molecule is COc1cc(C(F)(F)F)cc(S)c1C#N. The second-order valence-corrected chi connectivity index (χ2v) is 3.16. The highest BCUT2D eigenvalue weighted by Crippen LogP contribution is 2.35. The molecule has 0 spiro atoms. The Kier molecular flexibility index (Phi) is 3.15. The van der Waals surface area contributed by atoms with Crippen molar-refractivity contribution in [3.8, 4) is 11.8 Å². The standard InChI is InChI=1S/C9H6F3NOS/c1-14-7-2-5(9(10,11)12)3-8(15)6(7)4-13/h2-3,15H,1H3. The van der Waals surface area contributed by atoms with Crippen LogP contribution in [0.4, 0.5) is 13.2 Å². The second-order valence-electron chi connectivity index (χ2n) is 2.68. The third-order valence-corrected chi connectivity index (χ3v) is 2.09. The molecule has 0 aliphatic rings. The third-order valence-electron chi connectivity index (χ3n) is 1.74. The summed E-state index contributed by atoms with van der Waals surface area (Å²) in [4.78, 5) is -0.0517. The quantitative estimate of drug-likeness (QED) is 0.756. The van der Waals surface area contributed by atoms with Crippen LogP contribution in [0.2, 0.25) is 0 Å². The summed E-state index contributed by atoms with van der Waals surface area (Å²) in [7, 11) is 1.20. The largest absolute Gasteiger partial charge is 0.495 e. The molecular weight excluding hydrogens is 227 g/mol. The Labute approximate surface area is 89.7 Å². The van der Waals surface area contributed by atoms with Gasteiger partial charge in [-0.15, -0.1) is 12.6 Å². The summed E-state index contributed by atoms with van der Waals surface area (Å²) >= 11 is 3.80. The zero-order valence-electron chi connectivity index (χ0n) is 7.59. The van der Waals surface area contributed by atoms with E-state index >= 15 is 0 Å². The lowest BCUT2D eigenvalue weighted by atomic mass is 10.1. The number of halogens is 3. The lowest BCUT2D eigenvalue weighted by molar-refractivity contribution is -0.137. The number of thiol groups is 1. The van der Waals surface area contributed by atoms with Gasteiger partial charge in [0.2, 0.25) is 0 Å². The van der Waals surface area contributed by atoms with Crippen molar-refractivity contribution in [2.75, 3.05) is 7.11 Å². The molecule has 15 heavy (non-hydrogen) atoms. The fourth-order valence-electron chi connectivity index (χ4n) is 1.04. The zero-order chi connectivity index (χ0) is 11.6. The van der Waals surface area contributed by atoms with Crippen molar-refractivity contribution < 1.29 is 17.9 Å². The average molecular weight is 233 g/mol. The first kappa shape index (κ1) is 11.7. The van der Waals surface area contributed by atoms with Gasteiger partial charge in [-0.25, -0.2) is 0 Å². The molecular formula is C9H6F3NOS. The van der Waals surface area contributed by atoms with Gasteiger partial charge in [-0.05, 0) is 12.1 Å². The van der Waals surface area contributed by atoms with Crippen LogP contribution in [-0.4, -0.2) is 7.11 Å². The van der Waals surface area contributed by atoms with Crippen molar-refractivity contribution in [3.05, 3.63) is 23.3 Å². The van der Waals surface area contributed by atoms with Crippen LogP contribution in [0.5, 0.6) is 5.75 Å². The maximum atomic E-state index is 12.3. The fraction of sp³-hybridized carbons (Fsp3) is 0.222. The molecule has 1 aromatic rings. The summed E-state index contributed by atoms with van der Waals surface area (Å²) in [5.41, 5.74) is -0.891. The van der Waals surface area contributed by atoms with Gasteiger partial charge in [0.15, 0.2) is 0 Å². The minimum atomic E-state index is -4.47. The van der Waals surface area contributed by atoms with E-state index in [-0.39, 0.29) is 16.2 Å². The Morgan fingerprint density at radius 3 is 2.40 bits per heavy atom. The van der Waals surface area contributed by atoms with Gasteiger partial charge in [-0.2, -0.15) is 18.4 Å². The Morgan fingerprint density at radius 2 is 2.00 bits per heavy atom. The number of nitrogens with zero attached hydrogens (tertiary/aromatic N) is 1. The number of hydrogen-bond donors (Lipinski definition) is 1. The van der Waals surface area contributed by atoms with E-state index in [9.17, 15) is 13.2 Å². The minimum Gasteiger partial charge on any atom is -0.495 e. The Morgan fingerprint density at radius 1 is 1.40 bits per heavy atom. The van der Waals surface area contributed by atoms with Crippen molar-refractivity contribution in [1.29, 1.82) is 5.26 Å². The van der Waals surface area contributed by atoms with Gasteiger partial charge >= 0.3 is 6.18 Å². The number of hydrogen-bond acceptors (Lipinski definition) is 3. The number of ether oxygens (including phenoxy) is 1. The molecule has 0 radical (unpaired) electrons. The number of alkyl halides is 3. The van der Waals surface area contributed by atoms with Gasteiger partial charge in [0, 0.05) is 4.90 Å². The monoisotopic (exact) mass is 233 g/mol. The summed E-state index contributed by atoms with van der Waals surface area (Å²) in [6, 6.07) is 3.30. The van der Waals surface area contributed by atoms with Crippen molar-refractivity contribution in [3.63, 3.8) is 0 Å². The lowest BCUT2D eigenvalue weighted by Crippen LogP contribution is -2.06. The lowest BCUT2D eigenvalue weighted by Gasteiger charge is -2.11. The molecule has 1 rings (SSSR count). The topological polar surface area (TPSA) is 33.0 Å². The second kappa shape index (κ2) is 4.03. The van der Waals surface area contributed by atoms with Crippen LogP contribution in [0.15, 0.2) is 17.0 Å². The van der Waals surface area contributed by atoms with E-state index < -0.39 is 11.7 Å². The van der Waals surface area contributed by atoms with E-state index in [0.29, 0.717) is 0 Å². The van der Waals surface area contributed by atoms with Crippen molar-refractivity contribution in [1.82, 2.24) is 0 Å². The minimum absolute atomic E-state index is 0.00571. The maximum absolute atomic E-state index is 12.3. The molecule has 0 unspecified atom stereocenters. The first-order chi connectivity index (χ1) is 6.90. The van der Waals surface area contributed by atoms with Crippen molar-refractivity contribution >= 4 is 12.6 Å². The molecule has 0 aliphatic heterocycles. The van der Waals surface area contributed by atoms with Gasteiger partial charge in [0.1, 0.15) is 17.4 Å². The smallest absolute Gasteiger partial charge is 0.416 e. The molecule has 80 valence electrons. The first-order valence-corrected chi connectivity index (χ1v) is 4.23. The molecule has 0 aliphatic carbocycles. The molecule has 0 fully saturated rings. The highest BCUT2D eigenvalue weighted by Gasteiger charge is 2.32. The van der Waals surface area contributed by atoms with E-state index in [0.717, 1.165) is 12.1 Å². The van der Waals surface area contributed by atoms with Crippen molar-refractivity contribution in [2.24, 2.45) is 0 Å². The van der Waals surface area contributed by atoms with Crippen LogP contribution in [0, 0.1) is 11.3 Å². The van der Waals surface area contributed by atoms with Crippen LogP contribution in [0.1, 0.15) is 11.1 Å². The van der Waals surface area contributed by atoms with Gasteiger partial charge < -0.3 is 4.74 Å². The molecule has 0 saturated carbocycles. The molecule has 6 heteroatoms. The molecule has 2 nitrogen and oxygen atoms in total. The van der Waals surface area contributed by atoms with E-state index in [2.05, 4.69) is 17.4 Å². The predicted octanol–water partition coefficient (Wildman–Crippen LogP) is 2.87. The predicted molar refractivity (Wildman–Crippen MR) is 50.0 cm³/mol. The fourth-order valence-corrected chi connectivity index (χ4v) is 1.34. The molecule has 0 aromatic heterocycles. The van der Waals surface area contributed by atoms with Crippen LogP contribution >= 0.6 is 12.6 Å². The molecule has 0 saturated heterocycles. The Balaban J connectivity index is 3.40. The Bertz CT molecular complexity index is 423. The van der Waals surface area contributed by atoms with Gasteiger partial charge in [-0.3, -0.25) is 0 Å². The van der Waals surface area contributed by atoms with Crippen LogP contribution in [-0.2, 0) is 6.18 Å². The summed E-state index contributed by atoms with van der Waals surface area (Å²) in [5, 5.41) is 8.66. The Hall–Kier alpha value is -1.35. The van der Waals surface area contributed by atoms with Gasteiger partial charge in [0.05, 0.1) is 12.7 Å². The highest BCUT2D eigenvalue weighted by atomic mass is 32.1. The van der Waals surface area contributed by atoms with E-state index in [1.165, 1.54) is 7.11 Å². The molecule has 0 atom stereocenters. The number of methoxy groups -OCH3 is 1. The highest BCUT2D eigenvalue weighted by molar-refractivity contribution is 7.80. The van der Waals surface area contributed by atoms with Crippen LogP contribution in [0.3, 0.4) is 0 Å². The number of benzene rings is 1. The molecule has 0 N–H and O–H groups in total. The van der Waals surface area contributed by atoms with Crippen molar-refractivity contribution in [2.45, 2.75) is 11.1 Å². The average Bonchev–Trinajstić information content (AvgIpc) is 2.15. The normalized spacial score (nSPS) is 10.9. The molecule has 0 heterocycles. The van der Waals surface area contributed by atoms with E-state index in [1.54, 1.807) is 6.07 Å². The van der Waals surface area contributed by atoms with Gasteiger partial charge in [0.25, 0.3) is 0 Å². The summed E-state index contributed by atoms with van der Waals surface area (Å²) in [6.07, 6.45) is -4.47. The zero-order valence-corrected chi connectivity index (χ0v) is 8.49. The number of nitriles is 1. The first-order valence-electron chi connectivity index (χ1n) is 3.78. The van der Waals surface area contributed by atoms with Gasteiger partial charge in [-0.1, -0.05) is 0 Å². The summed E-state index contributed by atoms with van der Waals surface area (Å²) in [6.45, 7) is 0. The summed E-state index contributed by atoms with van der Waals surface area (Å²) in [5.74, 6) is -0.127. The van der Waals surface area contributed by atoms with E-state index in [1.807, 2.05) is 0 Å². The van der Waals surface area contributed by atoms with Crippen LogP contribution < -0.4 is 4.74 Å². The van der Waals surface area contributed by atoms with E-state index in [4.69, 9.17) is 5.26 Å². The molecule has 1 aromatic carbocycles. The summed E-state index contributed by atoms with van der Waals surface area (Å²) < 4.78 is 41.7. The van der Waals surface area contributed by atoms with Crippen LogP contribution in [0.25, 0.3) is 0 Å². The molecule has 0 bridgehead atoms. The molecule has 0 amide bonds. The number of rotatable bonds is 1. The third kappa shape index (κ3) is 2.36.